The summed E-state index contributed by atoms with van der Waals surface area (Å²) in [5.41, 5.74) is 8.02. The lowest BCUT2D eigenvalue weighted by molar-refractivity contribution is 0.0734. The maximum Gasteiger partial charge on any atom is 0.343 e. The summed E-state index contributed by atoms with van der Waals surface area (Å²) in [4.78, 5) is 22.6. The molecule has 2 rings (SSSR count). The van der Waals surface area contributed by atoms with Crippen molar-refractivity contribution < 1.29 is 19.1 Å². The number of esters is 1. The molecule has 0 aliphatic carbocycles. The van der Waals surface area contributed by atoms with Gasteiger partial charge in [-0.2, -0.15) is 5.10 Å². The number of hydrogen-bond acceptors (Lipinski definition) is 5. The number of hydrogen-bond donors (Lipinski definition) is 2. The van der Waals surface area contributed by atoms with Crippen LogP contribution < -0.4 is 20.6 Å². The van der Waals surface area contributed by atoms with Crippen molar-refractivity contribution in [3.63, 3.8) is 0 Å². The quantitative estimate of drug-likeness (QED) is 0.381. The number of hydrazone groups is 1. The van der Waals surface area contributed by atoms with E-state index in [1.54, 1.807) is 55.6 Å². The van der Waals surface area contributed by atoms with Crippen LogP contribution in [0.4, 0.5) is 4.79 Å². The summed E-state index contributed by atoms with van der Waals surface area (Å²) in [6.07, 6.45) is 1.38. The first-order chi connectivity index (χ1) is 11.1. The lowest BCUT2D eigenvalue weighted by atomic mass is 10.2. The minimum Gasteiger partial charge on any atom is -0.497 e. The van der Waals surface area contributed by atoms with Crippen molar-refractivity contribution in [2.75, 3.05) is 7.11 Å². The molecule has 2 aromatic carbocycles. The lowest BCUT2D eigenvalue weighted by Gasteiger charge is -2.06. The van der Waals surface area contributed by atoms with Crippen LogP contribution in [0.15, 0.2) is 53.6 Å². The third-order valence-corrected chi connectivity index (χ3v) is 2.78. The molecule has 0 saturated carbocycles. The van der Waals surface area contributed by atoms with Crippen LogP contribution in [0.5, 0.6) is 11.5 Å². The highest BCUT2D eigenvalue weighted by Gasteiger charge is 2.08. The van der Waals surface area contributed by atoms with E-state index < -0.39 is 12.0 Å². The van der Waals surface area contributed by atoms with E-state index in [0.29, 0.717) is 22.6 Å². The number of rotatable bonds is 5. The van der Waals surface area contributed by atoms with Gasteiger partial charge in [0, 0.05) is 0 Å². The normalized spacial score (nSPS) is 10.3. The van der Waals surface area contributed by atoms with E-state index in [4.69, 9.17) is 15.2 Å². The number of nitrogens with one attached hydrogen (secondary N) is 1. The first kappa shape index (κ1) is 16.0. The maximum absolute atomic E-state index is 12.1. The summed E-state index contributed by atoms with van der Waals surface area (Å²) < 4.78 is 10.3. The lowest BCUT2D eigenvalue weighted by Crippen LogP contribution is -2.24. The molecule has 0 aliphatic heterocycles. The number of nitrogens with two attached hydrogens (primary N) is 1. The second-order valence-electron chi connectivity index (χ2n) is 4.42. The van der Waals surface area contributed by atoms with Crippen LogP contribution in [-0.4, -0.2) is 25.3 Å². The fourth-order valence-corrected chi connectivity index (χ4v) is 1.72. The highest BCUT2D eigenvalue weighted by Crippen LogP contribution is 2.16. The summed E-state index contributed by atoms with van der Waals surface area (Å²) in [6.45, 7) is 0. The molecular formula is C16H15N3O4. The molecule has 7 nitrogen and oxygen atoms in total. The van der Waals surface area contributed by atoms with E-state index in [0.717, 1.165) is 0 Å². The number of ether oxygens (including phenoxy) is 2. The van der Waals surface area contributed by atoms with Crippen LogP contribution in [0.1, 0.15) is 15.9 Å². The van der Waals surface area contributed by atoms with Crippen molar-refractivity contribution in [3.8, 4) is 11.5 Å². The van der Waals surface area contributed by atoms with E-state index in [1.165, 1.54) is 6.21 Å². The molecule has 3 N–H and O–H groups in total. The summed E-state index contributed by atoms with van der Waals surface area (Å²) in [6, 6.07) is 12.5. The van der Waals surface area contributed by atoms with Crippen LogP contribution in [0.3, 0.4) is 0 Å². The van der Waals surface area contributed by atoms with Gasteiger partial charge in [0.15, 0.2) is 0 Å². The first-order valence-corrected chi connectivity index (χ1v) is 6.63. The van der Waals surface area contributed by atoms with Gasteiger partial charge < -0.3 is 15.2 Å². The fourth-order valence-electron chi connectivity index (χ4n) is 1.72. The number of nitrogens with zero attached hydrogens (tertiary/aromatic N) is 1. The van der Waals surface area contributed by atoms with Crippen LogP contribution in [0.2, 0.25) is 0 Å². The number of methoxy groups -OCH3 is 1. The van der Waals surface area contributed by atoms with Crippen LogP contribution >= 0.6 is 0 Å². The molecule has 0 saturated heterocycles. The van der Waals surface area contributed by atoms with Crippen molar-refractivity contribution in [1.82, 2.24) is 5.43 Å². The zero-order chi connectivity index (χ0) is 16.7. The van der Waals surface area contributed by atoms with Crippen molar-refractivity contribution in [2.24, 2.45) is 10.8 Å². The monoisotopic (exact) mass is 313 g/mol. The molecule has 2 amide bonds. The molecule has 0 aromatic heterocycles. The number of carbonyl (C=O) groups is 2. The molecule has 2 aromatic rings. The minimum atomic E-state index is -0.761. The van der Waals surface area contributed by atoms with Crippen molar-refractivity contribution >= 4 is 18.2 Å². The Bertz CT molecular complexity index is 726. The predicted molar refractivity (Wildman–Crippen MR) is 84.7 cm³/mol. The SMILES string of the molecule is COc1ccc(C(=O)Oc2cccc(/C=N\NC(N)=O)c2)cc1. The molecule has 7 heteroatoms. The van der Waals surface area contributed by atoms with Gasteiger partial charge >= 0.3 is 12.0 Å². The highest BCUT2D eigenvalue weighted by molar-refractivity contribution is 5.91. The van der Waals surface area contributed by atoms with E-state index in [9.17, 15) is 9.59 Å². The van der Waals surface area contributed by atoms with E-state index in [2.05, 4.69) is 10.5 Å². The second-order valence-corrected chi connectivity index (χ2v) is 4.42. The molecule has 23 heavy (non-hydrogen) atoms. The third-order valence-electron chi connectivity index (χ3n) is 2.78. The largest absolute Gasteiger partial charge is 0.497 e. The molecule has 0 aliphatic rings. The Hall–Kier alpha value is -3.35. The minimum absolute atomic E-state index is 0.355. The van der Waals surface area contributed by atoms with Crippen molar-refractivity contribution in [1.29, 1.82) is 0 Å². The zero-order valence-electron chi connectivity index (χ0n) is 12.4. The Labute approximate surface area is 132 Å². The number of amides is 2. The predicted octanol–water partition coefficient (Wildman–Crippen LogP) is 1.92. The molecular weight excluding hydrogens is 298 g/mol. The highest BCUT2D eigenvalue weighted by atomic mass is 16.5. The Kier molecular flexibility index (Phi) is 5.30. The summed E-state index contributed by atoms with van der Waals surface area (Å²) in [7, 11) is 1.55. The zero-order valence-corrected chi connectivity index (χ0v) is 12.4. The van der Waals surface area contributed by atoms with Gasteiger partial charge in [-0.25, -0.2) is 15.0 Å². The maximum atomic E-state index is 12.1. The topological polar surface area (TPSA) is 103 Å². The van der Waals surface area contributed by atoms with Gasteiger partial charge in [0.2, 0.25) is 0 Å². The van der Waals surface area contributed by atoms with Gasteiger partial charge in [0.1, 0.15) is 11.5 Å². The van der Waals surface area contributed by atoms with E-state index >= 15 is 0 Å². The fraction of sp³-hybridized carbons (Fsp3) is 0.0625. The average molecular weight is 313 g/mol. The third kappa shape index (κ3) is 4.85. The van der Waals surface area contributed by atoms with Gasteiger partial charge in [-0.15, -0.1) is 0 Å². The van der Waals surface area contributed by atoms with Crippen LogP contribution in [0, 0.1) is 0 Å². The van der Waals surface area contributed by atoms with E-state index in [1.807, 2.05) is 0 Å². The Balaban J connectivity index is 2.05. The molecule has 0 heterocycles. The number of primary amides is 1. The standard InChI is InChI=1S/C16H15N3O4/c1-22-13-7-5-12(6-8-13)15(20)23-14-4-2-3-11(9-14)10-18-19-16(17)21/h2-10H,1H3,(H3,17,19,21)/b18-10-. The molecule has 0 spiro atoms. The molecule has 0 fully saturated rings. The first-order valence-electron chi connectivity index (χ1n) is 6.63. The smallest absolute Gasteiger partial charge is 0.343 e. The summed E-state index contributed by atoms with van der Waals surface area (Å²) in [5, 5.41) is 3.63. The van der Waals surface area contributed by atoms with Crippen LogP contribution in [-0.2, 0) is 0 Å². The molecule has 0 unspecified atom stereocenters. The van der Waals surface area contributed by atoms with Gasteiger partial charge in [-0.1, -0.05) is 12.1 Å². The number of benzene rings is 2. The molecule has 118 valence electrons. The molecule has 0 bridgehead atoms. The average Bonchev–Trinajstić information content (AvgIpc) is 2.55. The second kappa shape index (κ2) is 7.60. The van der Waals surface area contributed by atoms with Crippen LogP contribution in [0.25, 0.3) is 0 Å². The molecule has 0 atom stereocenters. The van der Waals surface area contributed by atoms with Crippen molar-refractivity contribution in [2.45, 2.75) is 0 Å². The Morgan fingerprint density at radius 2 is 1.87 bits per heavy atom. The van der Waals surface area contributed by atoms with Gasteiger partial charge in [-0.05, 0) is 42.0 Å². The van der Waals surface area contributed by atoms with Gasteiger partial charge in [-0.3, -0.25) is 0 Å². The van der Waals surface area contributed by atoms with Gasteiger partial charge in [0.05, 0.1) is 18.9 Å². The Morgan fingerprint density at radius 3 is 2.52 bits per heavy atom. The molecule has 0 radical (unpaired) electrons. The van der Waals surface area contributed by atoms with E-state index in [-0.39, 0.29) is 0 Å². The summed E-state index contributed by atoms with van der Waals surface area (Å²) >= 11 is 0. The Morgan fingerprint density at radius 1 is 1.13 bits per heavy atom. The number of urea groups is 1. The number of carbonyl (C=O) groups excluding carboxylic acids is 2. The van der Waals surface area contributed by atoms with Crippen molar-refractivity contribution in [3.05, 3.63) is 59.7 Å². The van der Waals surface area contributed by atoms with Gasteiger partial charge in [0.25, 0.3) is 0 Å². The summed E-state index contributed by atoms with van der Waals surface area (Å²) in [5.74, 6) is 0.521.